The van der Waals surface area contributed by atoms with Crippen molar-refractivity contribution in [3.05, 3.63) is 34.5 Å². The lowest BCUT2D eigenvalue weighted by Crippen LogP contribution is -2.31. The molecule has 8 nitrogen and oxygen atoms in total. The van der Waals surface area contributed by atoms with E-state index in [-0.39, 0.29) is 34.8 Å². The van der Waals surface area contributed by atoms with Crippen molar-refractivity contribution < 1.29 is 13.3 Å². The number of rotatable bonds is 4. The van der Waals surface area contributed by atoms with Crippen LogP contribution in [-0.2, 0) is 9.84 Å². The monoisotopic (exact) mass is 372 g/mol. The maximum absolute atomic E-state index is 12.5. The maximum Gasteiger partial charge on any atom is 0.271 e. The van der Waals surface area contributed by atoms with Gasteiger partial charge in [-0.25, -0.2) is 13.4 Å². The Balaban J connectivity index is 0.00000208. The van der Waals surface area contributed by atoms with Gasteiger partial charge in [0.2, 0.25) is 0 Å². The Morgan fingerprint density at radius 1 is 1.25 bits per heavy atom. The summed E-state index contributed by atoms with van der Waals surface area (Å²) in [5.74, 6) is 0.178. The van der Waals surface area contributed by atoms with Gasteiger partial charge in [0, 0.05) is 12.1 Å². The van der Waals surface area contributed by atoms with Crippen LogP contribution in [0.5, 0.6) is 0 Å². The number of nitro groups is 1. The van der Waals surface area contributed by atoms with Crippen LogP contribution in [0.3, 0.4) is 0 Å². The highest BCUT2D eigenvalue weighted by atomic mass is 35.5. The minimum absolute atomic E-state index is 0. The standard InChI is InChI=1S/C14H16N4O4S.ClH/c19-18(20)11-1-2-12-13(7-11)16-8-14(17-12)23(21,22)9-10-3-5-15-6-4-10;/h1-2,7-8,10,15H,3-6,9H2;1H. The molecular weight excluding hydrogens is 356 g/mol. The molecule has 10 heteroatoms. The number of piperidine rings is 1. The molecule has 0 amide bonds. The summed E-state index contributed by atoms with van der Waals surface area (Å²) in [6, 6.07) is 4.00. The van der Waals surface area contributed by atoms with Gasteiger partial charge in [-0.2, -0.15) is 0 Å². The van der Waals surface area contributed by atoms with Crippen molar-refractivity contribution in [3.8, 4) is 0 Å². The number of benzene rings is 1. The topological polar surface area (TPSA) is 115 Å². The first kappa shape index (κ1) is 18.5. The fourth-order valence-corrected chi connectivity index (χ4v) is 4.27. The predicted molar refractivity (Wildman–Crippen MR) is 91.1 cm³/mol. The number of halogens is 1. The third-order valence-corrected chi connectivity index (χ3v) is 5.69. The molecule has 0 spiro atoms. The van der Waals surface area contributed by atoms with Crippen LogP contribution < -0.4 is 5.32 Å². The SMILES string of the molecule is Cl.O=[N+]([O-])c1ccc2nc(S(=O)(=O)CC3CCNCC3)cnc2c1. The van der Waals surface area contributed by atoms with Crippen molar-refractivity contribution in [1.82, 2.24) is 15.3 Å². The van der Waals surface area contributed by atoms with Gasteiger partial charge >= 0.3 is 0 Å². The van der Waals surface area contributed by atoms with Gasteiger partial charge in [0.15, 0.2) is 14.9 Å². The van der Waals surface area contributed by atoms with E-state index in [4.69, 9.17) is 0 Å². The fourth-order valence-electron chi connectivity index (χ4n) is 2.69. The molecule has 1 aromatic heterocycles. The molecule has 0 radical (unpaired) electrons. The Kier molecular flexibility index (Phi) is 5.68. The molecule has 3 rings (SSSR count). The minimum Gasteiger partial charge on any atom is -0.317 e. The molecule has 24 heavy (non-hydrogen) atoms. The van der Waals surface area contributed by atoms with Crippen LogP contribution in [0.25, 0.3) is 11.0 Å². The highest BCUT2D eigenvalue weighted by Crippen LogP contribution is 2.22. The van der Waals surface area contributed by atoms with Gasteiger partial charge in [0.05, 0.1) is 27.9 Å². The third kappa shape index (κ3) is 3.97. The van der Waals surface area contributed by atoms with Crippen LogP contribution in [0.4, 0.5) is 5.69 Å². The largest absolute Gasteiger partial charge is 0.317 e. The second-order valence-corrected chi connectivity index (χ2v) is 7.59. The van der Waals surface area contributed by atoms with Crippen LogP contribution in [0.1, 0.15) is 12.8 Å². The van der Waals surface area contributed by atoms with E-state index < -0.39 is 14.8 Å². The van der Waals surface area contributed by atoms with Gasteiger partial charge in [-0.3, -0.25) is 15.1 Å². The molecule has 1 aliphatic heterocycles. The summed E-state index contributed by atoms with van der Waals surface area (Å²) in [6.45, 7) is 1.65. The van der Waals surface area contributed by atoms with Crippen LogP contribution >= 0.6 is 12.4 Å². The number of sulfone groups is 1. The fraction of sp³-hybridized carbons (Fsp3) is 0.429. The van der Waals surface area contributed by atoms with E-state index in [9.17, 15) is 18.5 Å². The molecule has 130 valence electrons. The van der Waals surface area contributed by atoms with E-state index >= 15 is 0 Å². The second-order valence-electron chi connectivity index (χ2n) is 5.61. The molecule has 2 heterocycles. The molecule has 1 aliphatic rings. The lowest BCUT2D eigenvalue weighted by atomic mass is 10.0. The van der Waals surface area contributed by atoms with Crippen molar-refractivity contribution in [3.63, 3.8) is 0 Å². The normalized spacial score (nSPS) is 15.8. The Hall–Kier alpha value is -1.84. The van der Waals surface area contributed by atoms with Crippen LogP contribution in [0.2, 0.25) is 0 Å². The number of nitrogens with one attached hydrogen (secondary N) is 1. The molecule has 1 N–H and O–H groups in total. The first-order valence-electron chi connectivity index (χ1n) is 7.30. The summed E-state index contributed by atoms with van der Waals surface area (Å²) in [4.78, 5) is 18.4. The Bertz CT molecular complexity index is 853. The molecule has 0 atom stereocenters. The number of nitro benzene ring substituents is 1. The van der Waals surface area contributed by atoms with Crippen molar-refractivity contribution in [2.24, 2.45) is 5.92 Å². The number of hydrogen-bond donors (Lipinski definition) is 1. The van der Waals surface area contributed by atoms with Crippen molar-refractivity contribution in [1.29, 1.82) is 0 Å². The van der Waals surface area contributed by atoms with E-state index in [1.807, 2.05) is 0 Å². The molecule has 1 saturated heterocycles. The molecule has 2 aromatic rings. The zero-order chi connectivity index (χ0) is 16.4. The average Bonchev–Trinajstić information content (AvgIpc) is 2.54. The van der Waals surface area contributed by atoms with Crippen molar-refractivity contribution in [2.75, 3.05) is 18.8 Å². The van der Waals surface area contributed by atoms with Gasteiger partial charge in [-0.15, -0.1) is 12.4 Å². The molecule has 1 fully saturated rings. The van der Waals surface area contributed by atoms with Gasteiger partial charge in [-0.1, -0.05) is 0 Å². The Labute approximate surface area is 145 Å². The second kappa shape index (κ2) is 7.37. The lowest BCUT2D eigenvalue weighted by molar-refractivity contribution is -0.384. The number of non-ortho nitro benzene ring substituents is 1. The molecule has 1 aromatic carbocycles. The molecule has 0 bridgehead atoms. The van der Waals surface area contributed by atoms with Gasteiger partial charge in [0.1, 0.15) is 0 Å². The molecule has 0 unspecified atom stereocenters. The quantitative estimate of drug-likeness (QED) is 0.641. The van der Waals surface area contributed by atoms with Crippen molar-refractivity contribution in [2.45, 2.75) is 17.9 Å². The summed E-state index contributed by atoms with van der Waals surface area (Å²) in [5.41, 5.74) is 0.541. The average molecular weight is 373 g/mol. The first-order valence-corrected chi connectivity index (χ1v) is 8.95. The van der Waals surface area contributed by atoms with Crippen LogP contribution in [0, 0.1) is 16.0 Å². The van der Waals surface area contributed by atoms with Gasteiger partial charge in [-0.05, 0) is 37.9 Å². The summed E-state index contributed by atoms with van der Waals surface area (Å²) in [6.07, 6.45) is 2.83. The first-order chi connectivity index (χ1) is 11.0. The van der Waals surface area contributed by atoms with E-state index in [0.717, 1.165) is 25.9 Å². The smallest absolute Gasteiger partial charge is 0.271 e. The zero-order valence-electron chi connectivity index (χ0n) is 12.7. The highest BCUT2D eigenvalue weighted by Gasteiger charge is 2.24. The number of nitrogens with zero attached hydrogens (tertiary/aromatic N) is 3. The molecule has 0 saturated carbocycles. The lowest BCUT2D eigenvalue weighted by Gasteiger charge is -2.22. The molecular formula is C14H17ClN4O4S. The van der Waals surface area contributed by atoms with Crippen LogP contribution in [0.15, 0.2) is 29.4 Å². The van der Waals surface area contributed by atoms with Crippen molar-refractivity contribution >= 4 is 39.0 Å². The summed E-state index contributed by atoms with van der Waals surface area (Å²) in [5, 5.41) is 13.9. The number of hydrogen-bond acceptors (Lipinski definition) is 7. The third-order valence-electron chi connectivity index (χ3n) is 3.95. The van der Waals surface area contributed by atoms with E-state index in [0.29, 0.717) is 11.0 Å². The summed E-state index contributed by atoms with van der Waals surface area (Å²) < 4.78 is 25.0. The highest BCUT2D eigenvalue weighted by molar-refractivity contribution is 7.91. The van der Waals surface area contributed by atoms with E-state index in [1.165, 1.54) is 24.4 Å². The van der Waals surface area contributed by atoms with E-state index in [2.05, 4.69) is 15.3 Å². The zero-order valence-corrected chi connectivity index (χ0v) is 14.3. The Morgan fingerprint density at radius 3 is 2.62 bits per heavy atom. The van der Waals surface area contributed by atoms with Crippen LogP contribution in [-0.4, -0.2) is 42.2 Å². The summed E-state index contributed by atoms with van der Waals surface area (Å²) in [7, 11) is -3.51. The minimum atomic E-state index is -3.51. The predicted octanol–water partition coefficient (Wildman–Crippen LogP) is 1.73. The number of fused-ring (bicyclic) bond motifs is 1. The number of aromatic nitrogens is 2. The van der Waals surface area contributed by atoms with E-state index in [1.54, 1.807) is 0 Å². The van der Waals surface area contributed by atoms with Gasteiger partial charge < -0.3 is 5.32 Å². The molecule has 0 aliphatic carbocycles. The van der Waals surface area contributed by atoms with Gasteiger partial charge in [0.25, 0.3) is 5.69 Å². The maximum atomic E-state index is 12.5. The Morgan fingerprint density at radius 2 is 1.96 bits per heavy atom. The summed E-state index contributed by atoms with van der Waals surface area (Å²) >= 11 is 0.